The van der Waals surface area contributed by atoms with Crippen molar-refractivity contribution in [2.75, 3.05) is 33.2 Å². The molecule has 2 aromatic heterocycles. The number of aromatic nitrogens is 4. The molecule has 3 heterocycles. The number of hydrogen-bond acceptors (Lipinski definition) is 9. The molecule has 1 saturated heterocycles. The molecule has 0 amide bonds. The molecule has 1 N–H and O–H groups in total. The van der Waals surface area contributed by atoms with Crippen LogP contribution in [0.25, 0.3) is 11.2 Å². The van der Waals surface area contributed by atoms with E-state index in [4.69, 9.17) is 18.9 Å². The van der Waals surface area contributed by atoms with Gasteiger partial charge in [-0.3, -0.25) is 9.36 Å². The summed E-state index contributed by atoms with van der Waals surface area (Å²) in [6.45, 7) is -0.00595. The van der Waals surface area contributed by atoms with Gasteiger partial charge in [0.05, 0.1) is 27.2 Å². The molecule has 7 rings (SSSR count). The van der Waals surface area contributed by atoms with Gasteiger partial charge in [-0.05, 0) is 41.0 Å². The Labute approximate surface area is 289 Å². The number of aldehydes is 1. The molecule has 0 aliphatic carbocycles. The van der Waals surface area contributed by atoms with Crippen molar-refractivity contribution in [2.24, 2.45) is 0 Å². The van der Waals surface area contributed by atoms with Crippen molar-refractivity contribution >= 4 is 23.3 Å². The first-order valence-corrected chi connectivity index (χ1v) is 16.1. The van der Waals surface area contributed by atoms with E-state index < -0.39 is 24.1 Å². The van der Waals surface area contributed by atoms with Crippen LogP contribution in [0.3, 0.4) is 0 Å². The largest absolute Gasteiger partial charge is 0.497 e. The number of fused-ring (bicyclic) bond motifs is 1. The number of nitrogens with zero attached hydrogens (tertiary/aromatic N) is 4. The summed E-state index contributed by atoms with van der Waals surface area (Å²) in [6, 6.07) is 34.5. The van der Waals surface area contributed by atoms with Crippen LogP contribution < -0.4 is 14.8 Å². The van der Waals surface area contributed by atoms with Gasteiger partial charge < -0.3 is 24.3 Å². The van der Waals surface area contributed by atoms with Crippen LogP contribution in [0.1, 0.15) is 39.7 Å². The molecular weight excluding hydrogens is 637 g/mol. The van der Waals surface area contributed by atoms with E-state index in [2.05, 4.69) is 20.3 Å². The minimum atomic E-state index is -1.27. The summed E-state index contributed by atoms with van der Waals surface area (Å²) in [6.07, 6.45) is 1.36. The second kappa shape index (κ2) is 15.7. The van der Waals surface area contributed by atoms with Crippen molar-refractivity contribution in [1.29, 1.82) is 0 Å². The molecule has 256 valence electrons. The monoisotopic (exact) mass is 675 g/mol. The van der Waals surface area contributed by atoms with E-state index in [1.54, 1.807) is 44.3 Å². The molecule has 1 aliphatic heterocycles. The lowest BCUT2D eigenvalue weighted by Gasteiger charge is -2.37. The number of imidazole rings is 1. The van der Waals surface area contributed by atoms with Gasteiger partial charge in [-0.2, -0.15) is 0 Å². The van der Waals surface area contributed by atoms with Gasteiger partial charge >= 0.3 is 0 Å². The molecule has 6 aromatic rings. The summed E-state index contributed by atoms with van der Waals surface area (Å²) in [4.78, 5) is 23.0. The van der Waals surface area contributed by atoms with Gasteiger partial charge in [-0.25, -0.2) is 19.3 Å². The zero-order valence-corrected chi connectivity index (χ0v) is 28.0. The number of benzene rings is 4. The summed E-state index contributed by atoms with van der Waals surface area (Å²) in [5.41, 5.74) is 3.44. The molecule has 1 aliphatic rings. The van der Waals surface area contributed by atoms with Gasteiger partial charge in [0.15, 0.2) is 11.5 Å². The Hall–Kier alpha value is -5.65. The van der Waals surface area contributed by atoms with Crippen molar-refractivity contribution in [3.8, 4) is 11.5 Å². The molecule has 1 fully saturated rings. The summed E-state index contributed by atoms with van der Waals surface area (Å²) >= 11 is 0. The number of carbonyl (C=O) groups excluding carboxylic acids is 1. The van der Waals surface area contributed by atoms with E-state index in [0.717, 1.165) is 40.0 Å². The normalized spacial score (nSPS) is 17.1. The number of anilines is 1. The molecule has 0 spiro atoms. The second-order valence-electron chi connectivity index (χ2n) is 11.5. The molecule has 4 aromatic carbocycles. The highest BCUT2D eigenvalue weighted by molar-refractivity contribution is 5.82. The Kier molecular flexibility index (Phi) is 10.8. The average Bonchev–Trinajstić information content (AvgIpc) is 3.79. The molecule has 50 heavy (non-hydrogen) atoms. The van der Waals surface area contributed by atoms with Crippen molar-refractivity contribution in [2.45, 2.75) is 30.5 Å². The highest BCUT2D eigenvalue weighted by Crippen LogP contribution is 2.43. The Morgan fingerprint density at radius 3 is 1.96 bits per heavy atom. The minimum absolute atomic E-state index is 0.00595. The van der Waals surface area contributed by atoms with Crippen molar-refractivity contribution < 1.29 is 28.1 Å². The number of hydrogen-bond donors (Lipinski definition) is 1. The van der Waals surface area contributed by atoms with Crippen LogP contribution in [0.5, 0.6) is 11.5 Å². The van der Waals surface area contributed by atoms with Gasteiger partial charge in [0.1, 0.15) is 53.7 Å². The van der Waals surface area contributed by atoms with Crippen LogP contribution in [0.15, 0.2) is 122 Å². The van der Waals surface area contributed by atoms with Crippen molar-refractivity contribution in [3.05, 3.63) is 144 Å². The van der Waals surface area contributed by atoms with Crippen LogP contribution in [0.4, 0.5) is 10.2 Å². The van der Waals surface area contributed by atoms with Crippen LogP contribution >= 0.6 is 0 Å². The lowest BCUT2D eigenvalue weighted by Crippen LogP contribution is -2.37. The van der Waals surface area contributed by atoms with Gasteiger partial charge in [0.2, 0.25) is 0 Å². The summed E-state index contributed by atoms with van der Waals surface area (Å²) in [5.74, 6) is 2.04. The number of methoxy groups -OCH3 is 2. The number of halogens is 1. The van der Waals surface area contributed by atoms with E-state index >= 15 is 4.39 Å². The fourth-order valence-corrected chi connectivity index (χ4v) is 6.07. The van der Waals surface area contributed by atoms with E-state index in [1.165, 1.54) is 6.33 Å². The molecule has 3 atom stereocenters. The first-order valence-electron chi connectivity index (χ1n) is 16.1. The molecule has 3 unspecified atom stereocenters. The van der Waals surface area contributed by atoms with Crippen LogP contribution in [0.2, 0.25) is 0 Å². The highest BCUT2D eigenvalue weighted by Gasteiger charge is 2.43. The van der Waals surface area contributed by atoms with E-state index in [9.17, 15) is 4.79 Å². The molecule has 10 nitrogen and oxygen atoms in total. The number of alkyl halides is 1. The third-order valence-corrected chi connectivity index (χ3v) is 8.64. The van der Waals surface area contributed by atoms with Gasteiger partial charge in [-0.15, -0.1) is 0 Å². The Balaban J connectivity index is 0.000000477. The molecule has 0 bridgehead atoms. The first kappa shape index (κ1) is 34.2. The lowest BCUT2D eigenvalue weighted by atomic mass is 9.80. The number of rotatable bonds is 11. The maximum Gasteiger partial charge on any atom is 0.167 e. The third kappa shape index (κ3) is 7.05. The second-order valence-corrected chi connectivity index (χ2v) is 11.5. The quantitative estimate of drug-likeness (QED) is 0.114. The molecule has 11 heteroatoms. The lowest BCUT2D eigenvalue weighted by molar-refractivity contribution is -0.0853. The Bertz CT molecular complexity index is 1930. The molecular formula is C39H38FN5O5. The third-order valence-electron chi connectivity index (χ3n) is 8.64. The zero-order valence-electron chi connectivity index (χ0n) is 28.0. The van der Waals surface area contributed by atoms with Crippen LogP contribution in [-0.4, -0.2) is 66.0 Å². The fraction of sp³-hybridized carbons (Fsp3) is 0.231. The van der Waals surface area contributed by atoms with Gasteiger partial charge in [0.25, 0.3) is 0 Å². The predicted octanol–water partition coefficient (Wildman–Crippen LogP) is 7.02. The van der Waals surface area contributed by atoms with E-state index in [-0.39, 0.29) is 13.0 Å². The maximum absolute atomic E-state index is 15.6. The maximum atomic E-state index is 15.6. The fourth-order valence-electron chi connectivity index (χ4n) is 6.07. The minimum Gasteiger partial charge on any atom is -0.497 e. The number of nitrogens with one attached hydrogen (secondary N) is 1. The van der Waals surface area contributed by atoms with Gasteiger partial charge in [-0.1, -0.05) is 84.9 Å². The molecule has 0 radical (unpaired) electrons. The molecule has 0 saturated carbocycles. The predicted molar refractivity (Wildman–Crippen MR) is 188 cm³/mol. The summed E-state index contributed by atoms with van der Waals surface area (Å²) in [5, 5.41) is 3.01. The first-order chi connectivity index (χ1) is 24.5. The highest BCUT2D eigenvalue weighted by atomic mass is 19.1. The van der Waals surface area contributed by atoms with Crippen LogP contribution in [0, 0.1) is 0 Å². The summed E-state index contributed by atoms with van der Waals surface area (Å²) in [7, 11) is 5.02. The Morgan fingerprint density at radius 2 is 1.42 bits per heavy atom. The van der Waals surface area contributed by atoms with E-state index in [0.29, 0.717) is 17.0 Å². The van der Waals surface area contributed by atoms with E-state index in [1.807, 2.05) is 97.1 Å². The standard InChI is InChI=1S/C32H32FN5O4.C7H6O/c1-34-30-29-31(36-19-35-30)38(20-37-29)28-17-26(33)27(42-28)18-41-32(21-7-5-4-6-8-21,22-9-13-24(39-2)14-10-22)23-11-15-25(40-3)16-12-23;8-6-7-4-2-1-3-5-7/h4-16,19-20,26-28H,17-18H2,1-3H3,(H,34,35,36);1-6H. The smallest absolute Gasteiger partial charge is 0.167 e. The number of ether oxygens (including phenoxy) is 4. The topological polar surface area (TPSA) is 110 Å². The zero-order chi connectivity index (χ0) is 34.9. The average molecular weight is 676 g/mol. The van der Waals surface area contributed by atoms with Crippen LogP contribution in [-0.2, 0) is 15.1 Å². The number of carbonyl (C=O) groups is 1. The SMILES string of the molecule is CNc1ncnc2c1ncn2C1CC(F)C(COC(c2ccccc2)(c2ccc(OC)cc2)c2ccc(OC)cc2)O1.O=Cc1ccccc1. The Morgan fingerprint density at radius 1 is 0.840 bits per heavy atom. The van der Waals surface area contributed by atoms with Crippen molar-refractivity contribution in [3.63, 3.8) is 0 Å². The summed E-state index contributed by atoms with van der Waals surface area (Å²) < 4.78 is 41.4. The van der Waals surface area contributed by atoms with Crippen molar-refractivity contribution in [1.82, 2.24) is 19.5 Å². The van der Waals surface area contributed by atoms with Gasteiger partial charge in [0, 0.05) is 19.0 Å².